The summed E-state index contributed by atoms with van der Waals surface area (Å²) in [6.45, 7) is 2.56. The molecule has 0 aliphatic heterocycles. The van der Waals surface area contributed by atoms with Crippen LogP contribution in [0.1, 0.15) is 28.8 Å². The van der Waals surface area contributed by atoms with E-state index in [1.54, 1.807) is 11.9 Å². The molecular weight excluding hydrogens is 319 g/mol. The molecule has 1 atom stereocenters. The maximum Gasteiger partial charge on any atom is 0.254 e. The monoisotopic (exact) mass is 338 g/mol. The van der Waals surface area contributed by atoms with Gasteiger partial charge in [-0.2, -0.15) is 0 Å². The molecule has 1 N–H and O–H groups in total. The van der Waals surface area contributed by atoms with Crippen LogP contribution in [0.25, 0.3) is 10.9 Å². The van der Waals surface area contributed by atoms with Gasteiger partial charge in [0.1, 0.15) is 5.82 Å². The molecule has 4 nitrogen and oxygen atoms in total. The van der Waals surface area contributed by atoms with Crippen molar-refractivity contribution in [3.8, 4) is 0 Å². The van der Waals surface area contributed by atoms with E-state index in [4.69, 9.17) is 0 Å². The van der Waals surface area contributed by atoms with E-state index in [1.165, 1.54) is 24.3 Å². The zero-order valence-electron chi connectivity index (χ0n) is 14.1. The largest absolute Gasteiger partial charge is 0.341 e. The van der Waals surface area contributed by atoms with Gasteiger partial charge < -0.3 is 9.88 Å². The van der Waals surface area contributed by atoms with Crippen molar-refractivity contribution in [2.75, 3.05) is 13.6 Å². The number of hydrogen-bond donors (Lipinski definition) is 1. The molecule has 1 unspecified atom stereocenters. The molecule has 128 valence electrons. The normalized spacial score (nSPS) is 12.1. The van der Waals surface area contributed by atoms with E-state index in [1.807, 2.05) is 37.3 Å². The molecule has 2 aromatic carbocycles. The Morgan fingerprint density at radius 2 is 1.88 bits per heavy atom. The third-order valence-corrected chi connectivity index (χ3v) is 4.30. The van der Waals surface area contributed by atoms with Crippen LogP contribution in [0.3, 0.4) is 0 Å². The number of aromatic amines is 1. The van der Waals surface area contributed by atoms with Crippen molar-refractivity contribution in [2.45, 2.75) is 12.8 Å². The SMILES string of the molecule is CC(CN(C)C(=O)c1cc(=O)[nH]c2cc(F)ccc12)c1ccccc1. The first-order chi connectivity index (χ1) is 12.0. The van der Waals surface area contributed by atoms with E-state index in [2.05, 4.69) is 4.98 Å². The number of aromatic nitrogens is 1. The number of benzene rings is 2. The summed E-state index contributed by atoms with van der Waals surface area (Å²) in [7, 11) is 1.71. The van der Waals surface area contributed by atoms with Gasteiger partial charge in [-0.3, -0.25) is 9.59 Å². The molecule has 0 fully saturated rings. The molecule has 0 radical (unpaired) electrons. The summed E-state index contributed by atoms with van der Waals surface area (Å²) in [6, 6.07) is 15.2. The molecular formula is C20H19FN2O2. The summed E-state index contributed by atoms with van der Waals surface area (Å²) in [5.74, 6) is -0.565. The van der Waals surface area contributed by atoms with Gasteiger partial charge in [0.15, 0.2) is 0 Å². The molecule has 1 aromatic heterocycles. The molecule has 0 bridgehead atoms. The lowest BCUT2D eigenvalue weighted by atomic mass is 10.0. The molecule has 3 aromatic rings. The van der Waals surface area contributed by atoms with Crippen molar-refractivity contribution in [1.82, 2.24) is 9.88 Å². The highest BCUT2D eigenvalue weighted by molar-refractivity contribution is 6.05. The number of fused-ring (bicyclic) bond motifs is 1. The smallest absolute Gasteiger partial charge is 0.254 e. The van der Waals surface area contributed by atoms with Crippen LogP contribution in [-0.2, 0) is 0 Å². The van der Waals surface area contributed by atoms with Gasteiger partial charge in [0.05, 0.1) is 11.1 Å². The fourth-order valence-corrected chi connectivity index (χ4v) is 3.00. The van der Waals surface area contributed by atoms with E-state index in [0.717, 1.165) is 5.56 Å². The predicted octanol–water partition coefficient (Wildman–Crippen LogP) is 3.54. The minimum atomic E-state index is -0.459. The highest BCUT2D eigenvalue weighted by atomic mass is 19.1. The fraction of sp³-hybridized carbons (Fsp3) is 0.200. The van der Waals surface area contributed by atoms with Crippen LogP contribution < -0.4 is 5.56 Å². The van der Waals surface area contributed by atoms with Crippen LogP contribution in [0.5, 0.6) is 0 Å². The number of H-pyrrole nitrogens is 1. The average Bonchev–Trinajstić information content (AvgIpc) is 2.60. The van der Waals surface area contributed by atoms with Crippen molar-refractivity contribution in [2.24, 2.45) is 0 Å². The van der Waals surface area contributed by atoms with Gasteiger partial charge in [0.25, 0.3) is 5.91 Å². The van der Waals surface area contributed by atoms with Crippen molar-refractivity contribution in [3.05, 3.63) is 81.9 Å². The first-order valence-corrected chi connectivity index (χ1v) is 8.08. The first-order valence-electron chi connectivity index (χ1n) is 8.08. The van der Waals surface area contributed by atoms with Gasteiger partial charge >= 0.3 is 0 Å². The minimum absolute atomic E-state index is 0.154. The Bertz CT molecular complexity index is 966. The van der Waals surface area contributed by atoms with Crippen LogP contribution in [-0.4, -0.2) is 29.4 Å². The number of halogens is 1. The second kappa shape index (κ2) is 6.89. The number of amides is 1. The number of likely N-dealkylation sites (N-methyl/N-ethyl adjacent to an activating group) is 1. The van der Waals surface area contributed by atoms with Gasteiger partial charge in [-0.1, -0.05) is 37.3 Å². The molecule has 1 heterocycles. The molecule has 0 saturated heterocycles. The van der Waals surface area contributed by atoms with Crippen LogP contribution in [0.2, 0.25) is 0 Å². The Morgan fingerprint density at radius 3 is 2.60 bits per heavy atom. The van der Waals surface area contributed by atoms with Crippen molar-refractivity contribution >= 4 is 16.8 Å². The van der Waals surface area contributed by atoms with Gasteiger partial charge in [0, 0.05) is 25.0 Å². The molecule has 3 rings (SSSR count). The second-order valence-corrected chi connectivity index (χ2v) is 6.23. The van der Waals surface area contributed by atoms with Gasteiger partial charge in [0.2, 0.25) is 5.56 Å². The molecule has 0 aliphatic rings. The number of nitrogens with one attached hydrogen (secondary N) is 1. The Morgan fingerprint density at radius 1 is 1.16 bits per heavy atom. The van der Waals surface area contributed by atoms with E-state index in [9.17, 15) is 14.0 Å². The third-order valence-electron chi connectivity index (χ3n) is 4.30. The molecule has 5 heteroatoms. The number of rotatable bonds is 4. The van der Waals surface area contributed by atoms with Crippen LogP contribution in [0.4, 0.5) is 4.39 Å². The van der Waals surface area contributed by atoms with Crippen molar-refractivity contribution in [1.29, 1.82) is 0 Å². The van der Waals surface area contributed by atoms with Crippen LogP contribution in [0.15, 0.2) is 59.4 Å². The predicted molar refractivity (Wildman–Crippen MR) is 96.3 cm³/mol. The number of hydrogen-bond acceptors (Lipinski definition) is 2. The number of nitrogens with zero attached hydrogens (tertiary/aromatic N) is 1. The first kappa shape index (κ1) is 16.9. The summed E-state index contributed by atoms with van der Waals surface area (Å²) in [5.41, 5.74) is 1.31. The van der Waals surface area contributed by atoms with Crippen molar-refractivity contribution < 1.29 is 9.18 Å². The molecule has 1 amide bonds. The summed E-state index contributed by atoms with van der Waals surface area (Å²) in [6.07, 6.45) is 0. The quantitative estimate of drug-likeness (QED) is 0.791. The van der Waals surface area contributed by atoms with Crippen LogP contribution >= 0.6 is 0 Å². The Hall–Kier alpha value is -2.95. The third kappa shape index (κ3) is 3.60. The highest BCUT2D eigenvalue weighted by Gasteiger charge is 2.18. The van der Waals surface area contributed by atoms with Crippen molar-refractivity contribution in [3.63, 3.8) is 0 Å². The number of pyridine rings is 1. The molecule has 0 aliphatic carbocycles. The highest BCUT2D eigenvalue weighted by Crippen LogP contribution is 2.20. The molecule has 25 heavy (non-hydrogen) atoms. The van der Waals surface area contributed by atoms with Gasteiger partial charge in [-0.15, -0.1) is 0 Å². The second-order valence-electron chi connectivity index (χ2n) is 6.23. The topological polar surface area (TPSA) is 53.2 Å². The Labute approximate surface area is 144 Å². The van der Waals surface area contributed by atoms with E-state index < -0.39 is 11.4 Å². The lowest BCUT2D eigenvalue weighted by Gasteiger charge is -2.22. The lowest BCUT2D eigenvalue weighted by Crippen LogP contribution is -2.31. The zero-order valence-corrected chi connectivity index (χ0v) is 14.1. The number of carbonyl (C=O) groups excluding carboxylic acids is 1. The van der Waals surface area contributed by atoms with Gasteiger partial charge in [-0.25, -0.2) is 4.39 Å². The fourth-order valence-electron chi connectivity index (χ4n) is 3.00. The minimum Gasteiger partial charge on any atom is -0.341 e. The number of carbonyl (C=O) groups is 1. The maximum absolute atomic E-state index is 13.4. The summed E-state index contributed by atoms with van der Waals surface area (Å²) in [4.78, 5) is 28.8. The van der Waals surface area contributed by atoms with E-state index in [-0.39, 0.29) is 17.4 Å². The lowest BCUT2D eigenvalue weighted by molar-refractivity contribution is 0.0790. The van der Waals surface area contributed by atoms with E-state index >= 15 is 0 Å². The van der Waals surface area contributed by atoms with Gasteiger partial charge in [-0.05, 0) is 29.7 Å². The summed E-state index contributed by atoms with van der Waals surface area (Å²) < 4.78 is 13.4. The maximum atomic E-state index is 13.4. The summed E-state index contributed by atoms with van der Waals surface area (Å²) in [5, 5.41) is 0.533. The van der Waals surface area contributed by atoms with Crippen LogP contribution in [0, 0.1) is 5.82 Å². The molecule has 0 spiro atoms. The standard InChI is InChI=1S/C20H19FN2O2/c1-13(14-6-4-3-5-7-14)12-23(2)20(25)17-11-19(24)22-18-10-15(21)8-9-16(17)18/h3-11,13H,12H2,1-2H3,(H,22,24). The molecule has 0 saturated carbocycles. The zero-order chi connectivity index (χ0) is 18.0. The Kier molecular flexibility index (Phi) is 4.65. The average molecular weight is 338 g/mol. The van der Waals surface area contributed by atoms with E-state index in [0.29, 0.717) is 17.4 Å². The summed E-state index contributed by atoms with van der Waals surface area (Å²) >= 11 is 0. The Balaban J connectivity index is 1.90.